The molecule has 1 N–H and O–H groups in total. The number of nitrogens with zero attached hydrogens (tertiary/aromatic N) is 1. The quantitative estimate of drug-likeness (QED) is 0.728. The molecule has 1 atom stereocenters. The smallest absolute Gasteiger partial charge is 0.261 e. The number of sulfonamides is 1. The van der Waals surface area contributed by atoms with Gasteiger partial charge in [-0.2, -0.15) is 0 Å². The molecule has 0 radical (unpaired) electrons. The molecule has 1 unspecified atom stereocenters. The zero-order valence-corrected chi connectivity index (χ0v) is 15.1. The number of nitrogens with one attached hydrogen (secondary N) is 1. The molecule has 2 rings (SSSR count). The van der Waals surface area contributed by atoms with Gasteiger partial charge in [-0.05, 0) is 30.5 Å². The molecular weight excluding hydrogens is 328 g/mol. The van der Waals surface area contributed by atoms with Gasteiger partial charge in [-0.1, -0.05) is 33.1 Å². The van der Waals surface area contributed by atoms with E-state index in [1.54, 1.807) is 0 Å². The lowest BCUT2D eigenvalue weighted by Gasteiger charge is -2.15. The van der Waals surface area contributed by atoms with E-state index in [-0.39, 0.29) is 16.0 Å². The molecule has 0 saturated heterocycles. The summed E-state index contributed by atoms with van der Waals surface area (Å²) in [6.07, 6.45) is 4.04. The third-order valence-corrected chi connectivity index (χ3v) is 5.90. The first-order valence-corrected chi connectivity index (χ1v) is 9.76. The van der Waals surface area contributed by atoms with Crippen LogP contribution < -0.4 is 4.72 Å². The molecule has 24 heavy (non-hydrogen) atoms. The number of carbonyl (C=O) groups excluding carboxylic acids is 2. The van der Waals surface area contributed by atoms with Crippen LogP contribution in [0.25, 0.3) is 0 Å². The van der Waals surface area contributed by atoms with Crippen LogP contribution in [0.2, 0.25) is 0 Å². The lowest BCUT2D eigenvalue weighted by atomic mass is 10.00. The number of amides is 2. The number of imide groups is 1. The summed E-state index contributed by atoms with van der Waals surface area (Å²) in [7, 11) is -2.32. The van der Waals surface area contributed by atoms with E-state index < -0.39 is 21.8 Å². The standard InChI is InChI=1S/C17H24N2O4S/c1-4-6-7-12(5-2)11-18-24(22,23)13-8-9-14-15(10-13)17(21)19(3)16(14)20/h8-10,12,18H,4-7,11H2,1-3H3. The number of unbranched alkanes of at least 4 members (excludes halogenated alkanes) is 1. The molecule has 6 nitrogen and oxygen atoms in total. The summed E-state index contributed by atoms with van der Waals surface area (Å²) in [5.41, 5.74) is 0.388. The molecule has 1 aromatic carbocycles. The summed E-state index contributed by atoms with van der Waals surface area (Å²) >= 11 is 0. The lowest BCUT2D eigenvalue weighted by molar-refractivity contribution is 0.0693. The van der Waals surface area contributed by atoms with E-state index in [2.05, 4.69) is 11.6 Å². The SMILES string of the molecule is CCCCC(CC)CNS(=O)(=O)c1ccc2c(c1)C(=O)N(C)C2=O. The number of carbonyl (C=O) groups is 2. The first-order chi connectivity index (χ1) is 11.3. The van der Waals surface area contributed by atoms with E-state index in [0.29, 0.717) is 12.5 Å². The second-order valence-corrected chi connectivity index (χ2v) is 7.91. The fourth-order valence-electron chi connectivity index (χ4n) is 2.76. The van der Waals surface area contributed by atoms with Gasteiger partial charge in [-0.15, -0.1) is 0 Å². The number of rotatable bonds is 8. The third-order valence-electron chi connectivity index (χ3n) is 4.48. The van der Waals surface area contributed by atoms with Crippen molar-refractivity contribution in [3.63, 3.8) is 0 Å². The molecule has 0 saturated carbocycles. The predicted molar refractivity (Wildman–Crippen MR) is 91.4 cm³/mol. The molecule has 7 heteroatoms. The second-order valence-electron chi connectivity index (χ2n) is 6.15. The van der Waals surface area contributed by atoms with Gasteiger partial charge in [0.2, 0.25) is 10.0 Å². The van der Waals surface area contributed by atoms with Gasteiger partial charge in [0.15, 0.2) is 0 Å². The van der Waals surface area contributed by atoms with Crippen molar-refractivity contribution < 1.29 is 18.0 Å². The third kappa shape index (κ3) is 3.67. The highest BCUT2D eigenvalue weighted by molar-refractivity contribution is 7.89. The van der Waals surface area contributed by atoms with Crippen molar-refractivity contribution in [2.75, 3.05) is 13.6 Å². The van der Waals surface area contributed by atoms with E-state index in [0.717, 1.165) is 30.6 Å². The fourth-order valence-corrected chi connectivity index (χ4v) is 3.90. The Balaban J connectivity index is 2.16. The van der Waals surface area contributed by atoms with E-state index in [4.69, 9.17) is 0 Å². The van der Waals surface area contributed by atoms with Gasteiger partial charge in [0, 0.05) is 13.6 Å². The number of hydrogen-bond acceptors (Lipinski definition) is 4. The molecule has 0 fully saturated rings. The molecule has 1 aliphatic heterocycles. The van der Waals surface area contributed by atoms with Crippen LogP contribution in [0.15, 0.2) is 23.1 Å². The van der Waals surface area contributed by atoms with Crippen LogP contribution in [0.4, 0.5) is 0 Å². The highest BCUT2D eigenvalue weighted by atomic mass is 32.2. The molecular formula is C17H24N2O4S. The minimum absolute atomic E-state index is 0.0167. The average molecular weight is 352 g/mol. The van der Waals surface area contributed by atoms with Gasteiger partial charge in [0.05, 0.1) is 16.0 Å². The monoisotopic (exact) mass is 352 g/mol. The molecule has 1 aromatic rings. The molecule has 0 spiro atoms. The minimum atomic E-state index is -3.70. The minimum Gasteiger partial charge on any atom is -0.277 e. The van der Waals surface area contributed by atoms with Crippen LogP contribution in [0.1, 0.15) is 60.2 Å². The molecule has 1 aliphatic rings. The Kier molecular flexibility index (Phi) is 5.77. The number of fused-ring (bicyclic) bond motifs is 1. The van der Waals surface area contributed by atoms with Gasteiger partial charge in [-0.3, -0.25) is 14.5 Å². The Bertz CT molecular complexity index is 743. The first-order valence-electron chi connectivity index (χ1n) is 8.27. The van der Waals surface area contributed by atoms with Crippen molar-refractivity contribution in [1.82, 2.24) is 9.62 Å². The maximum Gasteiger partial charge on any atom is 0.261 e. The van der Waals surface area contributed by atoms with E-state index in [9.17, 15) is 18.0 Å². The van der Waals surface area contributed by atoms with Gasteiger partial charge < -0.3 is 0 Å². The summed E-state index contributed by atoms with van der Waals surface area (Å²) in [5, 5.41) is 0. The number of hydrogen-bond donors (Lipinski definition) is 1. The maximum atomic E-state index is 12.5. The molecule has 0 aliphatic carbocycles. The van der Waals surface area contributed by atoms with Crippen molar-refractivity contribution >= 4 is 21.8 Å². The van der Waals surface area contributed by atoms with Gasteiger partial charge >= 0.3 is 0 Å². The highest BCUT2D eigenvalue weighted by Crippen LogP contribution is 2.24. The normalized spacial score (nSPS) is 15.7. The second kappa shape index (κ2) is 7.44. The fraction of sp³-hybridized carbons (Fsp3) is 0.529. The van der Waals surface area contributed by atoms with Gasteiger partial charge in [0.25, 0.3) is 11.8 Å². The largest absolute Gasteiger partial charge is 0.277 e. The van der Waals surface area contributed by atoms with Crippen molar-refractivity contribution in [2.24, 2.45) is 5.92 Å². The van der Waals surface area contributed by atoms with Crippen molar-refractivity contribution in [1.29, 1.82) is 0 Å². The van der Waals surface area contributed by atoms with Crippen molar-refractivity contribution in [2.45, 2.75) is 44.4 Å². The highest BCUT2D eigenvalue weighted by Gasteiger charge is 2.33. The van der Waals surface area contributed by atoms with Crippen molar-refractivity contribution in [3.05, 3.63) is 29.3 Å². The van der Waals surface area contributed by atoms with E-state index in [1.165, 1.54) is 25.2 Å². The Hall–Kier alpha value is -1.73. The Labute approximate surface area is 143 Å². The van der Waals surface area contributed by atoms with E-state index >= 15 is 0 Å². The van der Waals surface area contributed by atoms with Crippen LogP contribution in [-0.2, 0) is 10.0 Å². The molecule has 0 bridgehead atoms. The van der Waals surface area contributed by atoms with Crippen LogP contribution in [0.5, 0.6) is 0 Å². The zero-order valence-electron chi connectivity index (χ0n) is 14.3. The maximum absolute atomic E-state index is 12.5. The summed E-state index contributed by atoms with van der Waals surface area (Å²) in [4.78, 5) is 24.9. The zero-order chi connectivity index (χ0) is 17.9. The number of benzene rings is 1. The van der Waals surface area contributed by atoms with Crippen molar-refractivity contribution in [3.8, 4) is 0 Å². The Morgan fingerprint density at radius 3 is 2.42 bits per heavy atom. The van der Waals surface area contributed by atoms with Gasteiger partial charge in [-0.25, -0.2) is 13.1 Å². The van der Waals surface area contributed by atoms with Crippen LogP contribution in [0, 0.1) is 5.92 Å². The average Bonchev–Trinajstić information content (AvgIpc) is 2.79. The van der Waals surface area contributed by atoms with Crippen LogP contribution >= 0.6 is 0 Å². The topological polar surface area (TPSA) is 83.6 Å². The molecule has 1 heterocycles. The lowest BCUT2D eigenvalue weighted by Crippen LogP contribution is -2.29. The predicted octanol–water partition coefficient (Wildman–Crippen LogP) is 2.41. The Morgan fingerprint density at radius 2 is 1.79 bits per heavy atom. The molecule has 132 valence electrons. The summed E-state index contributed by atoms with van der Waals surface area (Å²) < 4.78 is 27.6. The van der Waals surface area contributed by atoms with Crippen LogP contribution in [0.3, 0.4) is 0 Å². The van der Waals surface area contributed by atoms with Crippen LogP contribution in [-0.4, -0.2) is 38.7 Å². The Morgan fingerprint density at radius 1 is 1.12 bits per heavy atom. The molecule has 2 amide bonds. The summed E-state index contributed by atoms with van der Waals surface area (Å²) in [5.74, 6) is -0.581. The first kappa shape index (κ1) is 18.6. The van der Waals surface area contributed by atoms with E-state index in [1.807, 2.05) is 6.92 Å². The van der Waals surface area contributed by atoms with Gasteiger partial charge in [0.1, 0.15) is 0 Å². The summed E-state index contributed by atoms with van der Waals surface area (Å²) in [6.45, 7) is 4.53. The molecule has 0 aromatic heterocycles. The summed E-state index contributed by atoms with van der Waals surface area (Å²) in [6, 6.07) is 4.06.